The number of rotatable bonds is 2. The van der Waals surface area contributed by atoms with Crippen molar-refractivity contribution in [3.63, 3.8) is 0 Å². The SMILES string of the molecule is CCS(=O)(=O)O.NNC(=O)c1ccncc1. The number of pyridine rings is 1. The normalized spacial score (nSPS) is 9.94. The Hall–Kier alpha value is -1.51. The molecule has 0 aliphatic heterocycles. The van der Waals surface area contributed by atoms with E-state index in [9.17, 15) is 13.2 Å². The van der Waals surface area contributed by atoms with Crippen molar-refractivity contribution in [2.45, 2.75) is 6.92 Å². The zero-order chi connectivity index (χ0) is 12.6. The van der Waals surface area contributed by atoms with Gasteiger partial charge in [0, 0.05) is 18.0 Å². The molecule has 0 saturated carbocycles. The predicted octanol–water partition coefficient (Wildman–Crippen LogP) is -0.421. The highest BCUT2D eigenvalue weighted by Crippen LogP contribution is 1.93. The summed E-state index contributed by atoms with van der Waals surface area (Å²) in [7, 11) is -3.66. The molecule has 4 N–H and O–H groups in total. The lowest BCUT2D eigenvalue weighted by Crippen LogP contribution is -2.29. The highest BCUT2D eigenvalue weighted by Gasteiger charge is 1.99. The van der Waals surface area contributed by atoms with E-state index in [-0.39, 0.29) is 11.7 Å². The summed E-state index contributed by atoms with van der Waals surface area (Å²) in [5.41, 5.74) is 2.53. The molecule has 1 aromatic rings. The van der Waals surface area contributed by atoms with E-state index in [1.807, 2.05) is 5.43 Å². The van der Waals surface area contributed by atoms with Crippen molar-refractivity contribution in [2.24, 2.45) is 5.84 Å². The van der Waals surface area contributed by atoms with Crippen LogP contribution in [0.3, 0.4) is 0 Å². The van der Waals surface area contributed by atoms with Gasteiger partial charge >= 0.3 is 0 Å². The number of hydrogen-bond acceptors (Lipinski definition) is 5. The number of hydrogen-bond donors (Lipinski definition) is 3. The van der Waals surface area contributed by atoms with Crippen LogP contribution in [0.4, 0.5) is 0 Å². The van der Waals surface area contributed by atoms with Crippen LogP contribution in [0.1, 0.15) is 17.3 Å². The number of nitrogen functional groups attached to an aromatic ring is 1. The van der Waals surface area contributed by atoms with Crippen molar-refractivity contribution in [1.82, 2.24) is 10.4 Å². The van der Waals surface area contributed by atoms with Crippen LogP contribution in [0.5, 0.6) is 0 Å². The van der Waals surface area contributed by atoms with Gasteiger partial charge in [-0.15, -0.1) is 0 Å². The van der Waals surface area contributed by atoms with Gasteiger partial charge in [-0.3, -0.25) is 19.8 Å². The molecule has 0 aromatic carbocycles. The van der Waals surface area contributed by atoms with Crippen molar-refractivity contribution >= 4 is 16.0 Å². The number of carbonyl (C=O) groups is 1. The zero-order valence-corrected chi connectivity index (χ0v) is 9.44. The summed E-state index contributed by atoms with van der Waals surface area (Å²) in [6.45, 7) is 1.37. The fraction of sp³-hybridized carbons (Fsp3) is 0.250. The van der Waals surface area contributed by atoms with Crippen molar-refractivity contribution in [1.29, 1.82) is 0 Å². The molecule has 16 heavy (non-hydrogen) atoms. The van der Waals surface area contributed by atoms with Gasteiger partial charge < -0.3 is 0 Å². The quantitative estimate of drug-likeness (QED) is 0.282. The molecule has 8 heteroatoms. The molecule has 0 aliphatic rings. The van der Waals surface area contributed by atoms with Crippen LogP contribution in [-0.4, -0.2) is 29.6 Å². The molecule has 0 radical (unpaired) electrons. The second-order valence-electron chi connectivity index (χ2n) is 2.58. The molecule has 7 nitrogen and oxygen atoms in total. The topological polar surface area (TPSA) is 122 Å². The van der Waals surface area contributed by atoms with Crippen LogP contribution < -0.4 is 11.3 Å². The molecule has 0 saturated heterocycles. The highest BCUT2D eigenvalue weighted by molar-refractivity contribution is 7.85. The zero-order valence-electron chi connectivity index (χ0n) is 8.62. The number of amides is 1. The first kappa shape index (κ1) is 14.5. The highest BCUT2D eigenvalue weighted by atomic mass is 32.2. The average Bonchev–Trinajstić information content (AvgIpc) is 2.29. The molecule has 1 amide bonds. The maximum atomic E-state index is 10.7. The van der Waals surface area contributed by atoms with Crippen molar-refractivity contribution in [3.8, 4) is 0 Å². The first-order chi connectivity index (χ1) is 7.40. The Balaban J connectivity index is 0.000000325. The van der Waals surface area contributed by atoms with E-state index in [1.165, 1.54) is 19.3 Å². The van der Waals surface area contributed by atoms with Gasteiger partial charge in [-0.2, -0.15) is 8.42 Å². The molecular formula is C8H13N3O4S. The van der Waals surface area contributed by atoms with Crippen LogP contribution in [0, 0.1) is 0 Å². The minimum Gasteiger partial charge on any atom is -0.290 e. The van der Waals surface area contributed by atoms with Crippen molar-refractivity contribution in [3.05, 3.63) is 30.1 Å². The van der Waals surface area contributed by atoms with E-state index < -0.39 is 10.1 Å². The summed E-state index contributed by atoms with van der Waals surface area (Å²) in [5.74, 6) is 4.38. The third kappa shape index (κ3) is 6.87. The number of carbonyl (C=O) groups excluding carboxylic acids is 1. The number of aromatic nitrogens is 1. The lowest BCUT2D eigenvalue weighted by molar-refractivity contribution is 0.0953. The third-order valence-corrected chi connectivity index (χ3v) is 2.17. The minimum atomic E-state index is -3.66. The number of nitrogens with zero attached hydrogens (tertiary/aromatic N) is 1. The van der Waals surface area contributed by atoms with E-state index in [4.69, 9.17) is 10.4 Å². The Labute approximate surface area is 93.4 Å². The lowest BCUT2D eigenvalue weighted by atomic mass is 10.3. The van der Waals surface area contributed by atoms with Gasteiger partial charge in [0.05, 0.1) is 5.75 Å². The Bertz CT molecular complexity index is 418. The van der Waals surface area contributed by atoms with E-state index in [1.54, 1.807) is 12.1 Å². The average molecular weight is 247 g/mol. The summed E-state index contributed by atoms with van der Waals surface area (Å²) in [4.78, 5) is 14.5. The number of nitrogens with one attached hydrogen (secondary N) is 1. The molecular weight excluding hydrogens is 234 g/mol. The van der Waals surface area contributed by atoms with Gasteiger partial charge in [-0.25, -0.2) is 5.84 Å². The van der Waals surface area contributed by atoms with Crippen molar-refractivity contribution in [2.75, 3.05) is 5.75 Å². The fourth-order valence-corrected chi connectivity index (χ4v) is 0.587. The fourth-order valence-electron chi connectivity index (χ4n) is 0.587. The van der Waals surface area contributed by atoms with Gasteiger partial charge in [0.1, 0.15) is 0 Å². The first-order valence-electron chi connectivity index (χ1n) is 4.26. The number of hydrazine groups is 1. The smallest absolute Gasteiger partial charge is 0.265 e. The Morgan fingerprint density at radius 1 is 1.50 bits per heavy atom. The molecule has 0 aliphatic carbocycles. The van der Waals surface area contributed by atoms with Gasteiger partial charge in [-0.1, -0.05) is 0 Å². The largest absolute Gasteiger partial charge is 0.290 e. The molecule has 90 valence electrons. The Morgan fingerprint density at radius 3 is 2.25 bits per heavy atom. The van der Waals surface area contributed by atoms with E-state index in [0.29, 0.717) is 5.56 Å². The summed E-state index contributed by atoms with van der Waals surface area (Å²) >= 11 is 0. The second kappa shape index (κ2) is 6.88. The summed E-state index contributed by atoms with van der Waals surface area (Å²) in [6, 6.07) is 3.17. The second-order valence-corrected chi connectivity index (χ2v) is 4.32. The number of nitrogens with two attached hydrogens (primary N) is 1. The van der Waals surface area contributed by atoms with Crippen molar-refractivity contribution < 1.29 is 17.8 Å². The summed E-state index contributed by atoms with van der Waals surface area (Å²) < 4.78 is 26.9. The first-order valence-corrected chi connectivity index (χ1v) is 5.87. The van der Waals surface area contributed by atoms with Crippen LogP contribution in [0.2, 0.25) is 0 Å². The molecule has 0 spiro atoms. The molecule has 1 aromatic heterocycles. The summed E-state index contributed by atoms with van der Waals surface area (Å²) in [5, 5.41) is 0. The van der Waals surface area contributed by atoms with E-state index in [0.717, 1.165) is 0 Å². The van der Waals surface area contributed by atoms with Crippen LogP contribution in [0.25, 0.3) is 0 Å². The molecule has 0 bridgehead atoms. The standard InChI is InChI=1S/C6H7N3O.C2H6O3S/c7-9-6(10)5-1-3-8-4-2-5;1-2-6(3,4)5/h1-4H,7H2,(H,9,10);2H2,1H3,(H,3,4,5). The lowest BCUT2D eigenvalue weighted by Gasteiger charge is -1.95. The predicted molar refractivity (Wildman–Crippen MR) is 58.0 cm³/mol. The minimum absolute atomic E-state index is 0.201. The molecule has 0 atom stereocenters. The Morgan fingerprint density at radius 2 is 1.94 bits per heavy atom. The monoisotopic (exact) mass is 247 g/mol. The molecule has 1 heterocycles. The molecule has 0 fully saturated rings. The van der Waals surface area contributed by atoms with E-state index >= 15 is 0 Å². The van der Waals surface area contributed by atoms with Gasteiger partial charge in [0.2, 0.25) is 0 Å². The van der Waals surface area contributed by atoms with Gasteiger partial charge in [0.15, 0.2) is 0 Å². The van der Waals surface area contributed by atoms with Crippen LogP contribution >= 0.6 is 0 Å². The van der Waals surface area contributed by atoms with E-state index in [2.05, 4.69) is 4.98 Å². The molecule has 0 unspecified atom stereocenters. The maximum Gasteiger partial charge on any atom is 0.265 e. The van der Waals surface area contributed by atoms with Crippen LogP contribution in [0.15, 0.2) is 24.5 Å². The van der Waals surface area contributed by atoms with Gasteiger partial charge in [0.25, 0.3) is 16.0 Å². The van der Waals surface area contributed by atoms with Gasteiger partial charge in [-0.05, 0) is 19.1 Å². The molecule has 1 rings (SSSR count). The summed E-state index contributed by atoms with van der Waals surface area (Å²) in [6.07, 6.45) is 3.06. The third-order valence-electron chi connectivity index (χ3n) is 1.44. The Kier molecular flexibility index (Phi) is 6.23. The maximum absolute atomic E-state index is 10.7. The van der Waals surface area contributed by atoms with Crippen LogP contribution in [-0.2, 0) is 10.1 Å².